The van der Waals surface area contributed by atoms with Crippen molar-refractivity contribution in [2.75, 3.05) is 27.2 Å². The van der Waals surface area contributed by atoms with Crippen molar-refractivity contribution in [1.29, 1.82) is 0 Å². The van der Waals surface area contributed by atoms with Crippen LogP contribution in [0.15, 0.2) is 24.3 Å². The van der Waals surface area contributed by atoms with Crippen LogP contribution in [0.2, 0.25) is 5.02 Å². The van der Waals surface area contributed by atoms with Crippen molar-refractivity contribution >= 4 is 17.5 Å². The van der Waals surface area contributed by atoms with E-state index in [1.807, 2.05) is 64.0 Å². The highest BCUT2D eigenvalue weighted by Crippen LogP contribution is 2.49. The summed E-state index contributed by atoms with van der Waals surface area (Å²) in [5.74, 6) is -0.132. The predicted molar refractivity (Wildman–Crippen MR) is 102 cm³/mol. The molecule has 0 aliphatic heterocycles. The molecule has 6 heteroatoms. The number of ether oxygens (including phenoxy) is 1. The van der Waals surface area contributed by atoms with Gasteiger partial charge in [0.15, 0.2) is 0 Å². The first-order chi connectivity index (χ1) is 11.6. The predicted octanol–water partition coefficient (Wildman–Crippen LogP) is 2.59. The van der Waals surface area contributed by atoms with Gasteiger partial charge < -0.3 is 20.7 Å². The Kier molecular flexibility index (Phi) is 6.15. The Bertz CT molecular complexity index is 620. The van der Waals surface area contributed by atoms with E-state index >= 15 is 0 Å². The molecule has 0 radical (unpaired) electrons. The van der Waals surface area contributed by atoms with Crippen molar-refractivity contribution < 1.29 is 9.53 Å². The number of amides is 1. The van der Waals surface area contributed by atoms with Crippen molar-refractivity contribution in [1.82, 2.24) is 10.2 Å². The minimum Gasteiger partial charge on any atom is -0.378 e. The Morgan fingerprint density at radius 3 is 2.60 bits per heavy atom. The second-order valence-corrected chi connectivity index (χ2v) is 7.96. The highest BCUT2D eigenvalue weighted by Gasteiger charge is 2.62. The number of carbonyl (C=O) groups is 1. The molecule has 1 aliphatic carbocycles. The summed E-state index contributed by atoms with van der Waals surface area (Å²) in [6, 6.07) is 7.67. The quantitative estimate of drug-likeness (QED) is 0.777. The first-order valence-corrected chi connectivity index (χ1v) is 9.12. The lowest BCUT2D eigenvalue weighted by molar-refractivity contribution is -0.170. The minimum atomic E-state index is -0.913. The molecule has 0 spiro atoms. The van der Waals surface area contributed by atoms with Crippen LogP contribution in [0.3, 0.4) is 0 Å². The van der Waals surface area contributed by atoms with Crippen LogP contribution in [-0.4, -0.2) is 49.7 Å². The van der Waals surface area contributed by atoms with E-state index in [1.54, 1.807) is 0 Å². The van der Waals surface area contributed by atoms with Gasteiger partial charge in [-0.2, -0.15) is 0 Å². The van der Waals surface area contributed by atoms with Crippen molar-refractivity contribution in [2.24, 2.45) is 11.1 Å². The van der Waals surface area contributed by atoms with E-state index in [2.05, 4.69) is 5.32 Å². The first-order valence-electron chi connectivity index (χ1n) is 8.74. The number of rotatable bonds is 7. The molecule has 3 N–H and O–H groups in total. The summed E-state index contributed by atoms with van der Waals surface area (Å²) < 4.78 is 5.70. The summed E-state index contributed by atoms with van der Waals surface area (Å²) in [6.45, 7) is 7.02. The van der Waals surface area contributed by atoms with Gasteiger partial charge in [-0.05, 0) is 32.6 Å². The molecule has 25 heavy (non-hydrogen) atoms. The maximum absolute atomic E-state index is 12.8. The second-order valence-electron chi connectivity index (χ2n) is 7.55. The number of carbonyl (C=O) groups excluding carboxylic acids is 1. The highest BCUT2D eigenvalue weighted by molar-refractivity contribution is 6.31. The van der Waals surface area contributed by atoms with E-state index < -0.39 is 11.0 Å². The Balaban J connectivity index is 2.07. The van der Waals surface area contributed by atoms with Crippen molar-refractivity contribution in [3.63, 3.8) is 0 Å². The van der Waals surface area contributed by atoms with E-state index in [9.17, 15) is 4.79 Å². The lowest BCUT2D eigenvalue weighted by atomic mass is 9.54. The van der Waals surface area contributed by atoms with Crippen molar-refractivity contribution in [2.45, 2.75) is 44.9 Å². The molecule has 2 rings (SSSR count). The molecule has 1 fully saturated rings. The third-order valence-corrected chi connectivity index (χ3v) is 5.92. The molecule has 140 valence electrons. The first kappa shape index (κ1) is 20.2. The summed E-state index contributed by atoms with van der Waals surface area (Å²) in [7, 11) is 3.94. The van der Waals surface area contributed by atoms with Gasteiger partial charge in [0, 0.05) is 30.0 Å². The number of likely N-dealkylation sites (N-methyl/N-ethyl adjacent to an activating group) is 1. The van der Waals surface area contributed by atoms with Crippen molar-refractivity contribution in [3.05, 3.63) is 34.9 Å². The monoisotopic (exact) mass is 367 g/mol. The van der Waals surface area contributed by atoms with Gasteiger partial charge in [-0.3, -0.25) is 4.79 Å². The molecule has 0 bridgehead atoms. The topological polar surface area (TPSA) is 67.6 Å². The van der Waals surface area contributed by atoms with Gasteiger partial charge in [0.25, 0.3) is 0 Å². The van der Waals surface area contributed by atoms with Gasteiger partial charge in [0.2, 0.25) is 5.91 Å². The van der Waals surface area contributed by atoms with E-state index in [1.165, 1.54) is 0 Å². The molecule has 0 aromatic heterocycles. The zero-order valence-electron chi connectivity index (χ0n) is 15.8. The average Bonchev–Trinajstić information content (AvgIpc) is 2.55. The summed E-state index contributed by atoms with van der Waals surface area (Å²) >= 11 is 6.33. The number of hydrogen-bond acceptors (Lipinski definition) is 4. The van der Waals surface area contributed by atoms with E-state index in [4.69, 9.17) is 22.1 Å². The van der Waals surface area contributed by atoms with Gasteiger partial charge >= 0.3 is 0 Å². The van der Waals surface area contributed by atoms with Gasteiger partial charge in [-0.15, -0.1) is 0 Å². The average molecular weight is 368 g/mol. The van der Waals surface area contributed by atoms with E-state index in [0.29, 0.717) is 24.6 Å². The summed E-state index contributed by atoms with van der Waals surface area (Å²) in [5, 5.41) is 3.72. The number of nitrogens with one attached hydrogen (secondary N) is 1. The molecule has 1 aromatic carbocycles. The standard InChI is InChI=1S/C19H30ClN3O2/c1-6-25-16-11-19(21,18(16,2)3)17(24)22-12-15(23(4)5)13-9-7-8-10-14(13)20/h7-10,15-16H,6,11-12,21H2,1-5H3,(H,22,24). The lowest BCUT2D eigenvalue weighted by Gasteiger charge is -2.57. The molecular weight excluding hydrogens is 338 g/mol. The number of halogens is 1. The van der Waals surface area contributed by atoms with Gasteiger partial charge in [-0.1, -0.05) is 43.6 Å². The Labute approximate surface area is 155 Å². The molecule has 1 saturated carbocycles. The number of nitrogens with zero attached hydrogens (tertiary/aromatic N) is 1. The lowest BCUT2D eigenvalue weighted by Crippen LogP contribution is -2.76. The molecule has 0 saturated heterocycles. The zero-order valence-corrected chi connectivity index (χ0v) is 16.6. The van der Waals surface area contributed by atoms with E-state index in [0.717, 1.165) is 5.56 Å². The fraction of sp³-hybridized carbons (Fsp3) is 0.632. The molecule has 1 amide bonds. The van der Waals surface area contributed by atoms with Crippen LogP contribution in [0.5, 0.6) is 0 Å². The molecule has 1 aliphatic rings. The molecule has 1 aromatic rings. The largest absolute Gasteiger partial charge is 0.378 e. The maximum atomic E-state index is 12.8. The SMILES string of the molecule is CCOC1CC(N)(C(=O)NCC(c2ccccc2Cl)N(C)C)C1(C)C. The van der Waals surface area contributed by atoms with Gasteiger partial charge in [-0.25, -0.2) is 0 Å². The molecule has 0 heterocycles. The molecule has 5 nitrogen and oxygen atoms in total. The Morgan fingerprint density at radius 1 is 1.44 bits per heavy atom. The summed E-state index contributed by atoms with van der Waals surface area (Å²) in [5.41, 5.74) is 6.12. The summed E-state index contributed by atoms with van der Waals surface area (Å²) in [4.78, 5) is 14.9. The van der Waals surface area contributed by atoms with Crippen LogP contribution in [0, 0.1) is 5.41 Å². The number of hydrogen-bond donors (Lipinski definition) is 2. The maximum Gasteiger partial charge on any atom is 0.240 e. The van der Waals surface area contributed by atoms with E-state index in [-0.39, 0.29) is 18.1 Å². The van der Waals surface area contributed by atoms with Crippen LogP contribution >= 0.6 is 11.6 Å². The van der Waals surface area contributed by atoms with Crippen molar-refractivity contribution in [3.8, 4) is 0 Å². The normalized spacial score (nSPS) is 26.2. The zero-order chi connectivity index (χ0) is 18.8. The minimum absolute atomic E-state index is 0.0152. The Morgan fingerprint density at radius 2 is 2.08 bits per heavy atom. The van der Waals surface area contributed by atoms with Crippen LogP contribution in [-0.2, 0) is 9.53 Å². The smallest absolute Gasteiger partial charge is 0.240 e. The van der Waals surface area contributed by atoms with Crippen LogP contribution in [0.4, 0.5) is 0 Å². The fourth-order valence-electron chi connectivity index (χ4n) is 3.48. The number of benzene rings is 1. The third-order valence-electron chi connectivity index (χ3n) is 5.58. The Hall–Kier alpha value is -1.14. The van der Waals surface area contributed by atoms with Gasteiger partial charge in [0.1, 0.15) is 5.54 Å². The molecule has 3 atom stereocenters. The molecular formula is C19H30ClN3O2. The fourth-order valence-corrected chi connectivity index (χ4v) is 3.75. The van der Waals surface area contributed by atoms with Gasteiger partial charge in [0.05, 0.1) is 12.1 Å². The van der Waals surface area contributed by atoms with Crippen LogP contribution in [0.25, 0.3) is 0 Å². The third kappa shape index (κ3) is 3.70. The second kappa shape index (κ2) is 7.62. The number of nitrogens with two attached hydrogens (primary N) is 1. The van der Waals surface area contributed by atoms with Crippen LogP contribution in [0.1, 0.15) is 38.8 Å². The summed E-state index contributed by atoms with van der Waals surface area (Å²) in [6.07, 6.45) is 0.555. The van der Waals surface area contributed by atoms with Crippen LogP contribution < -0.4 is 11.1 Å². The highest BCUT2D eigenvalue weighted by atomic mass is 35.5. The molecule has 3 unspecified atom stereocenters.